The van der Waals surface area contributed by atoms with Crippen molar-refractivity contribution in [2.24, 2.45) is 0 Å². The summed E-state index contributed by atoms with van der Waals surface area (Å²) in [5.41, 5.74) is 0. The zero-order valence-corrected chi connectivity index (χ0v) is 11.7. The molecule has 1 fully saturated rings. The number of ether oxygens (including phenoxy) is 2. The highest BCUT2D eigenvalue weighted by Gasteiger charge is 2.29. The van der Waals surface area contributed by atoms with Gasteiger partial charge < -0.3 is 9.47 Å². The first-order chi connectivity index (χ1) is 9.16. The number of cyclic esters (lactones) is 1. The number of carbonyl (C=O) groups excluding carboxylic acids is 2. The van der Waals surface area contributed by atoms with E-state index in [0.29, 0.717) is 23.8 Å². The number of halogens is 1. The summed E-state index contributed by atoms with van der Waals surface area (Å²) in [5.74, 6) is -0.278. The number of rotatable bonds is 5. The summed E-state index contributed by atoms with van der Waals surface area (Å²) < 4.78 is 9.75. The van der Waals surface area contributed by atoms with Crippen LogP contribution in [0.5, 0.6) is 0 Å². The maximum absolute atomic E-state index is 11.5. The Morgan fingerprint density at radius 3 is 2.95 bits per heavy atom. The largest absolute Gasteiger partial charge is 0.463 e. The third kappa shape index (κ3) is 4.14. The lowest BCUT2D eigenvalue weighted by Crippen LogP contribution is -2.22. The number of thioether (sulfide) groups is 1. The van der Waals surface area contributed by atoms with Gasteiger partial charge in [0.05, 0.1) is 18.1 Å². The third-order valence-corrected chi connectivity index (χ3v) is 4.08. The Hall–Kier alpha value is -1.20. The van der Waals surface area contributed by atoms with Gasteiger partial charge in [0, 0.05) is 17.1 Å². The van der Waals surface area contributed by atoms with Gasteiger partial charge in [-0.1, -0.05) is 23.7 Å². The first-order valence-corrected chi connectivity index (χ1v) is 7.26. The second-order valence-electron chi connectivity index (χ2n) is 3.96. The van der Waals surface area contributed by atoms with Crippen LogP contribution in [0.15, 0.2) is 29.2 Å². The number of benzene rings is 1. The Bertz CT molecular complexity index is 477. The Morgan fingerprint density at radius 1 is 1.47 bits per heavy atom. The van der Waals surface area contributed by atoms with Gasteiger partial charge >= 0.3 is 11.9 Å². The average Bonchev–Trinajstić information content (AvgIpc) is 2.77. The Balaban J connectivity index is 1.72. The fourth-order valence-electron chi connectivity index (χ4n) is 1.61. The lowest BCUT2D eigenvalue weighted by atomic mass is 10.3. The van der Waals surface area contributed by atoms with Crippen LogP contribution in [-0.4, -0.2) is 30.4 Å². The molecule has 0 radical (unpaired) electrons. The van der Waals surface area contributed by atoms with Crippen LogP contribution in [-0.2, 0) is 19.1 Å². The van der Waals surface area contributed by atoms with Gasteiger partial charge in [0.15, 0.2) is 0 Å². The van der Waals surface area contributed by atoms with Crippen molar-refractivity contribution in [1.82, 2.24) is 0 Å². The minimum Gasteiger partial charge on any atom is -0.463 e. The first kappa shape index (κ1) is 14.2. The van der Waals surface area contributed by atoms with Gasteiger partial charge in [0.1, 0.15) is 0 Å². The van der Waals surface area contributed by atoms with Crippen molar-refractivity contribution in [3.05, 3.63) is 29.3 Å². The minimum atomic E-state index is -0.724. The summed E-state index contributed by atoms with van der Waals surface area (Å²) in [6, 6.07) is 7.44. The molecule has 102 valence electrons. The van der Waals surface area contributed by atoms with Crippen LogP contribution in [0.1, 0.15) is 12.8 Å². The molecule has 1 aliphatic heterocycles. The summed E-state index contributed by atoms with van der Waals surface area (Å²) >= 11 is 7.48. The maximum atomic E-state index is 11.5. The van der Waals surface area contributed by atoms with Crippen LogP contribution in [0, 0.1) is 0 Å². The second-order valence-corrected chi connectivity index (χ2v) is 5.51. The summed E-state index contributed by atoms with van der Waals surface area (Å²) in [5, 5.41) is 0.667. The highest BCUT2D eigenvalue weighted by atomic mass is 35.5. The molecule has 1 unspecified atom stereocenters. The molecule has 0 spiro atoms. The monoisotopic (exact) mass is 300 g/mol. The van der Waals surface area contributed by atoms with Gasteiger partial charge in [-0.2, -0.15) is 0 Å². The van der Waals surface area contributed by atoms with Crippen molar-refractivity contribution in [3.63, 3.8) is 0 Å². The molecular formula is C13H13ClO4S. The minimum absolute atomic E-state index is 0.236. The molecule has 0 aliphatic carbocycles. The van der Waals surface area contributed by atoms with Crippen molar-refractivity contribution in [3.8, 4) is 0 Å². The van der Waals surface area contributed by atoms with Gasteiger partial charge in [0.25, 0.3) is 0 Å². The zero-order valence-electron chi connectivity index (χ0n) is 10.1. The Morgan fingerprint density at radius 2 is 2.26 bits per heavy atom. The van der Waals surface area contributed by atoms with Crippen molar-refractivity contribution in [2.45, 2.75) is 23.8 Å². The molecule has 1 heterocycles. The van der Waals surface area contributed by atoms with Crippen molar-refractivity contribution in [2.75, 3.05) is 12.4 Å². The number of carbonyl (C=O) groups is 2. The normalized spacial score (nSPS) is 18.2. The lowest BCUT2D eigenvalue weighted by molar-refractivity contribution is -0.159. The number of hydrogen-bond acceptors (Lipinski definition) is 5. The van der Waals surface area contributed by atoms with Crippen LogP contribution in [0.3, 0.4) is 0 Å². The van der Waals surface area contributed by atoms with Gasteiger partial charge in [-0.15, -0.1) is 11.8 Å². The predicted octanol–water partition coefficient (Wildman–Crippen LogP) is 2.68. The summed E-state index contributed by atoms with van der Waals surface area (Å²) in [6.07, 6.45) is -0.0418. The standard InChI is InChI=1S/C13H13ClO4S/c14-9-3-1-2-4-11(9)19-8-6-12(15)18-10-5-7-17-13(10)16/h1-4,10H,5-8H2. The molecule has 19 heavy (non-hydrogen) atoms. The van der Waals surface area contributed by atoms with E-state index < -0.39 is 12.1 Å². The molecule has 1 aromatic rings. The van der Waals surface area contributed by atoms with Crippen LogP contribution < -0.4 is 0 Å². The van der Waals surface area contributed by atoms with Crippen molar-refractivity contribution < 1.29 is 19.1 Å². The Labute approximate surface area is 120 Å². The molecule has 1 aromatic carbocycles. The van der Waals surface area contributed by atoms with E-state index in [-0.39, 0.29) is 12.4 Å². The van der Waals surface area contributed by atoms with Crippen LogP contribution in [0.2, 0.25) is 5.02 Å². The van der Waals surface area contributed by atoms with Gasteiger partial charge in [-0.25, -0.2) is 4.79 Å². The van der Waals surface area contributed by atoms with E-state index in [2.05, 4.69) is 0 Å². The molecule has 1 aliphatic rings. The molecule has 0 amide bonds. The first-order valence-electron chi connectivity index (χ1n) is 5.90. The van der Waals surface area contributed by atoms with E-state index in [1.165, 1.54) is 11.8 Å². The summed E-state index contributed by atoms with van der Waals surface area (Å²) in [4.78, 5) is 23.6. The summed E-state index contributed by atoms with van der Waals surface area (Å²) in [6.45, 7) is 0.325. The number of hydrogen-bond donors (Lipinski definition) is 0. The molecular weight excluding hydrogens is 288 g/mol. The molecule has 2 rings (SSSR count). The second kappa shape index (κ2) is 6.82. The molecule has 6 heteroatoms. The van der Waals surface area contributed by atoms with E-state index in [1.54, 1.807) is 6.07 Å². The topological polar surface area (TPSA) is 52.6 Å². The molecule has 0 N–H and O–H groups in total. The van der Waals surface area contributed by atoms with E-state index in [1.807, 2.05) is 18.2 Å². The van der Waals surface area contributed by atoms with Crippen LogP contribution >= 0.6 is 23.4 Å². The van der Waals surface area contributed by atoms with Crippen LogP contribution in [0.25, 0.3) is 0 Å². The van der Waals surface area contributed by atoms with E-state index >= 15 is 0 Å². The Kier molecular flexibility index (Phi) is 5.10. The fraction of sp³-hybridized carbons (Fsp3) is 0.385. The van der Waals surface area contributed by atoms with Crippen molar-refractivity contribution in [1.29, 1.82) is 0 Å². The highest BCUT2D eigenvalue weighted by molar-refractivity contribution is 7.99. The highest BCUT2D eigenvalue weighted by Crippen LogP contribution is 2.27. The van der Waals surface area contributed by atoms with Crippen molar-refractivity contribution >= 4 is 35.3 Å². The summed E-state index contributed by atoms with van der Waals surface area (Å²) in [7, 11) is 0. The molecule has 0 bridgehead atoms. The van der Waals surface area contributed by atoms with Gasteiger partial charge in [0.2, 0.25) is 6.10 Å². The smallest absolute Gasteiger partial charge is 0.347 e. The number of esters is 2. The molecule has 1 atom stereocenters. The van der Waals surface area contributed by atoms with E-state index in [4.69, 9.17) is 21.1 Å². The SMILES string of the molecule is O=C(CCSc1ccccc1Cl)OC1CCOC1=O. The molecule has 1 saturated heterocycles. The zero-order chi connectivity index (χ0) is 13.7. The third-order valence-electron chi connectivity index (χ3n) is 2.56. The quantitative estimate of drug-likeness (QED) is 0.618. The van der Waals surface area contributed by atoms with Crippen LogP contribution in [0.4, 0.5) is 0 Å². The lowest BCUT2D eigenvalue weighted by Gasteiger charge is -2.08. The maximum Gasteiger partial charge on any atom is 0.347 e. The average molecular weight is 301 g/mol. The van der Waals surface area contributed by atoms with Gasteiger partial charge in [-0.05, 0) is 12.1 Å². The predicted molar refractivity (Wildman–Crippen MR) is 72.2 cm³/mol. The molecule has 0 saturated carbocycles. The van der Waals surface area contributed by atoms with Gasteiger partial charge in [-0.3, -0.25) is 4.79 Å². The van der Waals surface area contributed by atoms with E-state index in [0.717, 1.165) is 4.90 Å². The van der Waals surface area contributed by atoms with E-state index in [9.17, 15) is 9.59 Å². The fourth-order valence-corrected chi connectivity index (χ4v) is 2.78. The molecule has 4 nitrogen and oxygen atoms in total. The molecule has 0 aromatic heterocycles.